The van der Waals surface area contributed by atoms with Gasteiger partial charge in [-0.1, -0.05) is 226 Å². The van der Waals surface area contributed by atoms with Crippen molar-refractivity contribution in [1.29, 1.82) is 0 Å². The average molecular weight is 1010 g/mol. The van der Waals surface area contributed by atoms with Crippen molar-refractivity contribution in [3.63, 3.8) is 0 Å². The fourth-order valence-corrected chi connectivity index (χ4v) is 7.85. The summed E-state index contributed by atoms with van der Waals surface area (Å²) in [6.07, 6.45) is 83.2. The molecule has 0 aromatic carbocycles. The zero-order valence-corrected chi connectivity index (χ0v) is 47.4. The first-order valence-corrected chi connectivity index (χ1v) is 30.0. The van der Waals surface area contributed by atoms with Gasteiger partial charge in [-0.2, -0.15) is 0 Å². The maximum absolute atomic E-state index is 12.9. The molecule has 0 saturated carbocycles. The highest BCUT2D eigenvalue weighted by Crippen LogP contribution is 2.13. The van der Waals surface area contributed by atoms with Gasteiger partial charge in [-0.15, -0.1) is 0 Å². The largest absolute Gasteiger partial charge is 0.462 e. The van der Waals surface area contributed by atoms with E-state index < -0.39 is 6.10 Å². The number of ether oxygens (including phenoxy) is 3. The molecule has 0 aliphatic rings. The van der Waals surface area contributed by atoms with E-state index in [9.17, 15) is 14.4 Å². The average Bonchev–Trinajstić information content (AvgIpc) is 3.39. The van der Waals surface area contributed by atoms with Gasteiger partial charge in [0, 0.05) is 19.3 Å². The van der Waals surface area contributed by atoms with Crippen LogP contribution in [0.4, 0.5) is 0 Å². The standard InChI is InChI=1S/C67H110O6/c1-4-7-10-13-16-19-22-25-28-31-33-36-39-42-45-48-51-54-57-60-66(69)72-63-64(62-71-65(68)59-56-53-50-47-44-41-38-35-30-27-24-21-18-15-12-9-6-3)73-67(70)61-58-55-52-49-46-43-40-37-34-32-29-26-23-20-17-14-11-8-5-2/h16-21,25-30,33-34,36-37,42-43,45-46,64H,4-15,22-24,31-32,35,38-41,44,47-63H2,1-3H3/b19-16-,20-17-,21-18-,28-25-,29-26-,30-27-,36-33-,37-34-,45-42-,46-43-/t64-/m1/s1. The van der Waals surface area contributed by atoms with Crippen LogP contribution in [0.2, 0.25) is 0 Å². The molecular weight excluding hydrogens is 901 g/mol. The van der Waals surface area contributed by atoms with Gasteiger partial charge in [0.15, 0.2) is 6.10 Å². The Morgan fingerprint density at radius 3 is 0.781 bits per heavy atom. The van der Waals surface area contributed by atoms with Crippen LogP contribution in [0.1, 0.15) is 265 Å². The van der Waals surface area contributed by atoms with Crippen LogP contribution in [0.3, 0.4) is 0 Å². The molecule has 73 heavy (non-hydrogen) atoms. The van der Waals surface area contributed by atoms with E-state index in [1.807, 2.05) is 0 Å². The molecule has 0 aliphatic carbocycles. The molecule has 0 saturated heterocycles. The number of carbonyl (C=O) groups excluding carboxylic acids is 3. The predicted octanol–water partition coefficient (Wildman–Crippen LogP) is 20.4. The molecule has 0 spiro atoms. The molecule has 0 heterocycles. The zero-order valence-electron chi connectivity index (χ0n) is 47.4. The molecule has 0 rings (SSSR count). The van der Waals surface area contributed by atoms with E-state index in [0.29, 0.717) is 19.3 Å². The van der Waals surface area contributed by atoms with Crippen molar-refractivity contribution >= 4 is 17.9 Å². The summed E-state index contributed by atoms with van der Waals surface area (Å²) in [5.74, 6) is -0.978. The Hall–Kier alpha value is -4.19. The van der Waals surface area contributed by atoms with Gasteiger partial charge in [0.2, 0.25) is 0 Å². The smallest absolute Gasteiger partial charge is 0.306 e. The summed E-state index contributed by atoms with van der Waals surface area (Å²) < 4.78 is 16.8. The summed E-state index contributed by atoms with van der Waals surface area (Å²) in [6, 6.07) is 0. The summed E-state index contributed by atoms with van der Waals surface area (Å²) in [5.41, 5.74) is 0. The Morgan fingerprint density at radius 2 is 0.493 bits per heavy atom. The van der Waals surface area contributed by atoms with Crippen LogP contribution >= 0.6 is 0 Å². The molecule has 0 aliphatic heterocycles. The van der Waals surface area contributed by atoms with E-state index in [1.54, 1.807) is 0 Å². The molecule has 0 radical (unpaired) electrons. The van der Waals surface area contributed by atoms with Crippen molar-refractivity contribution in [3.05, 3.63) is 122 Å². The van der Waals surface area contributed by atoms with Crippen molar-refractivity contribution in [2.45, 2.75) is 271 Å². The Bertz CT molecular complexity index is 1540. The molecule has 0 N–H and O–H groups in total. The second kappa shape index (κ2) is 60.4. The number of hydrogen-bond acceptors (Lipinski definition) is 6. The lowest BCUT2D eigenvalue weighted by Crippen LogP contribution is -2.30. The lowest BCUT2D eigenvalue weighted by atomic mass is 10.1. The fraction of sp³-hybridized carbons (Fsp3) is 0.657. The topological polar surface area (TPSA) is 78.9 Å². The second-order valence-corrected chi connectivity index (χ2v) is 19.5. The maximum Gasteiger partial charge on any atom is 0.306 e. The summed E-state index contributed by atoms with van der Waals surface area (Å²) in [7, 11) is 0. The van der Waals surface area contributed by atoms with Crippen molar-refractivity contribution in [1.82, 2.24) is 0 Å². The molecule has 0 bridgehead atoms. The molecule has 1 atom stereocenters. The molecule has 0 unspecified atom stereocenters. The lowest BCUT2D eigenvalue weighted by Gasteiger charge is -2.18. The van der Waals surface area contributed by atoms with E-state index in [2.05, 4.69) is 142 Å². The minimum Gasteiger partial charge on any atom is -0.462 e. The number of hydrogen-bond donors (Lipinski definition) is 0. The minimum absolute atomic E-state index is 0.108. The Kier molecular flexibility index (Phi) is 56.9. The first-order valence-electron chi connectivity index (χ1n) is 30.0. The monoisotopic (exact) mass is 1010 g/mol. The summed E-state index contributed by atoms with van der Waals surface area (Å²) in [5, 5.41) is 0. The van der Waals surface area contributed by atoms with Crippen molar-refractivity contribution < 1.29 is 28.6 Å². The van der Waals surface area contributed by atoms with Crippen LogP contribution in [0.25, 0.3) is 0 Å². The third-order valence-corrected chi connectivity index (χ3v) is 12.4. The second-order valence-electron chi connectivity index (χ2n) is 19.5. The van der Waals surface area contributed by atoms with Crippen LogP contribution in [0, 0.1) is 0 Å². The zero-order chi connectivity index (χ0) is 52.9. The van der Waals surface area contributed by atoms with Crippen LogP contribution in [0.5, 0.6) is 0 Å². The van der Waals surface area contributed by atoms with E-state index in [0.717, 1.165) is 116 Å². The van der Waals surface area contributed by atoms with E-state index in [-0.39, 0.29) is 37.5 Å². The molecule has 0 aromatic rings. The van der Waals surface area contributed by atoms with E-state index in [1.165, 1.54) is 103 Å². The highest BCUT2D eigenvalue weighted by molar-refractivity contribution is 5.71. The van der Waals surface area contributed by atoms with E-state index in [4.69, 9.17) is 14.2 Å². The van der Waals surface area contributed by atoms with Gasteiger partial charge in [0.1, 0.15) is 13.2 Å². The SMILES string of the molecule is CCCCC/C=C\C/C=C\C/C=C\C/C=C\CCCCCC(=O)OC[C@@H](COC(=O)CCCCCCCCC/C=C\C/C=C\CCCCC)OC(=O)CCCCC/C=C\C/C=C\C/C=C\C/C=C\CCCCC. The highest BCUT2D eigenvalue weighted by Gasteiger charge is 2.19. The van der Waals surface area contributed by atoms with Gasteiger partial charge in [-0.3, -0.25) is 14.4 Å². The van der Waals surface area contributed by atoms with Gasteiger partial charge in [0.25, 0.3) is 0 Å². The number of unbranched alkanes of at least 4 members (excludes halogenated alkanes) is 22. The highest BCUT2D eigenvalue weighted by atomic mass is 16.6. The van der Waals surface area contributed by atoms with Crippen LogP contribution in [0.15, 0.2) is 122 Å². The van der Waals surface area contributed by atoms with Crippen molar-refractivity contribution in [2.24, 2.45) is 0 Å². The van der Waals surface area contributed by atoms with Crippen LogP contribution in [-0.4, -0.2) is 37.2 Å². The molecule has 6 heteroatoms. The predicted molar refractivity (Wildman–Crippen MR) is 316 cm³/mol. The normalized spacial score (nSPS) is 13.0. The molecule has 414 valence electrons. The van der Waals surface area contributed by atoms with Crippen LogP contribution in [-0.2, 0) is 28.6 Å². The van der Waals surface area contributed by atoms with Crippen LogP contribution < -0.4 is 0 Å². The molecular formula is C67H110O6. The number of allylic oxidation sites excluding steroid dienone is 20. The third-order valence-electron chi connectivity index (χ3n) is 12.4. The first kappa shape index (κ1) is 68.8. The molecule has 0 amide bonds. The van der Waals surface area contributed by atoms with Gasteiger partial charge in [-0.25, -0.2) is 0 Å². The van der Waals surface area contributed by atoms with Gasteiger partial charge >= 0.3 is 17.9 Å². The van der Waals surface area contributed by atoms with E-state index >= 15 is 0 Å². The fourth-order valence-electron chi connectivity index (χ4n) is 7.85. The summed E-state index contributed by atoms with van der Waals surface area (Å²) >= 11 is 0. The van der Waals surface area contributed by atoms with Crippen molar-refractivity contribution in [3.8, 4) is 0 Å². The Labute approximate surface area is 450 Å². The molecule has 0 fully saturated rings. The summed E-state index contributed by atoms with van der Waals surface area (Å²) in [6.45, 7) is 6.50. The Morgan fingerprint density at radius 1 is 0.274 bits per heavy atom. The van der Waals surface area contributed by atoms with Gasteiger partial charge < -0.3 is 14.2 Å². The maximum atomic E-state index is 12.9. The summed E-state index contributed by atoms with van der Waals surface area (Å²) in [4.78, 5) is 38.2. The number of rotatable bonds is 53. The van der Waals surface area contributed by atoms with Gasteiger partial charge in [-0.05, 0) is 141 Å². The Balaban J connectivity index is 4.54. The molecule has 6 nitrogen and oxygen atoms in total. The number of carbonyl (C=O) groups is 3. The van der Waals surface area contributed by atoms with Gasteiger partial charge in [0.05, 0.1) is 0 Å². The van der Waals surface area contributed by atoms with Crippen molar-refractivity contribution in [2.75, 3.05) is 13.2 Å². The minimum atomic E-state index is -0.816. The quantitative estimate of drug-likeness (QED) is 0.0261. The molecule has 0 aromatic heterocycles. The lowest BCUT2D eigenvalue weighted by molar-refractivity contribution is -0.167. The first-order chi connectivity index (χ1) is 36.0. The number of esters is 3. The third kappa shape index (κ3) is 58.6.